The van der Waals surface area contributed by atoms with Gasteiger partial charge in [-0.05, 0) is 44.0 Å². The van der Waals surface area contributed by atoms with E-state index >= 15 is 0 Å². The molecule has 216 valence electrons. The molecule has 0 aromatic heterocycles. The van der Waals surface area contributed by atoms with Crippen molar-refractivity contribution in [3.63, 3.8) is 0 Å². The Labute approximate surface area is 238 Å². The first-order valence-corrected chi connectivity index (χ1v) is 14.4. The van der Waals surface area contributed by atoms with Gasteiger partial charge in [0.1, 0.15) is 17.2 Å². The van der Waals surface area contributed by atoms with Crippen molar-refractivity contribution in [3.05, 3.63) is 53.6 Å². The number of amides is 3. The molecule has 0 radical (unpaired) electrons. The first-order valence-electron chi connectivity index (χ1n) is 12.6. The van der Waals surface area contributed by atoms with Crippen LogP contribution in [-0.2, 0) is 24.4 Å². The standard InChI is InChI=1S/C27H32ClN3O8S/c1-4-39-19-8-10-20(11-9-19)40(35,36)31(22-18-23(37-2)21(28)17-24(22)38-3)16-6-14-29-25(32)7-5-15-30-26(33)12-13-27(30)34/h8-13,17-18H,4-7,14-16H2,1-3H3,(H,29,32). The van der Waals surface area contributed by atoms with Crippen LogP contribution in [0.1, 0.15) is 26.2 Å². The van der Waals surface area contributed by atoms with Crippen LogP contribution in [0.15, 0.2) is 53.4 Å². The van der Waals surface area contributed by atoms with Crippen molar-refractivity contribution in [1.82, 2.24) is 10.2 Å². The minimum atomic E-state index is -4.08. The van der Waals surface area contributed by atoms with Crippen LogP contribution >= 0.6 is 11.6 Å². The monoisotopic (exact) mass is 593 g/mol. The van der Waals surface area contributed by atoms with E-state index in [2.05, 4.69) is 5.32 Å². The van der Waals surface area contributed by atoms with E-state index in [1.165, 1.54) is 54.9 Å². The number of nitrogens with one attached hydrogen (secondary N) is 1. The van der Waals surface area contributed by atoms with E-state index in [-0.39, 0.29) is 65.5 Å². The Morgan fingerprint density at radius 3 is 2.25 bits per heavy atom. The zero-order chi connectivity index (χ0) is 29.3. The van der Waals surface area contributed by atoms with Gasteiger partial charge in [-0.3, -0.25) is 23.6 Å². The zero-order valence-electron chi connectivity index (χ0n) is 22.5. The van der Waals surface area contributed by atoms with Gasteiger partial charge in [0.2, 0.25) is 5.91 Å². The van der Waals surface area contributed by atoms with Gasteiger partial charge in [0.25, 0.3) is 21.8 Å². The number of carbonyl (C=O) groups excluding carboxylic acids is 3. The third kappa shape index (κ3) is 7.45. The molecule has 1 N–H and O–H groups in total. The molecule has 2 aromatic carbocycles. The molecule has 0 saturated carbocycles. The molecule has 3 rings (SSSR count). The molecule has 13 heteroatoms. The molecule has 11 nitrogen and oxygen atoms in total. The van der Waals surface area contributed by atoms with E-state index in [0.29, 0.717) is 18.8 Å². The Morgan fingerprint density at radius 1 is 1.00 bits per heavy atom. The fourth-order valence-electron chi connectivity index (χ4n) is 4.00. The van der Waals surface area contributed by atoms with Gasteiger partial charge < -0.3 is 19.5 Å². The number of rotatable bonds is 15. The van der Waals surface area contributed by atoms with Crippen LogP contribution in [0.4, 0.5) is 5.69 Å². The van der Waals surface area contributed by atoms with Crippen molar-refractivity contribution in [2.45, 2.75) is 31.1 Å². The van der Waals surface area contributed by atoms with Crippen LogP contribution in [0.25, 0.3) is 0 Å². The van der Waals surface area contributed by atoms with Gasteiger partial charge in [0.05, 0.1) is 36.4 Å². The molecule has 1 aliphatic rings. The second-order valence-electron chi connectivity index (χ2n) is 8.61. The minimum absolute atomic E-state index is 0.000573. The molecule has 0 bridgehead atoms. The van der Waals surface area contributed by atoms with Gasteiger partial charge in [-0.1, -0.05) is 11.6 Å². The van der Waals surface area contributed by atoms with Crippen molar-refractivity contribution in [2.75, 3.05) is 44.8 Å². The van der Waals surface area contributed by atoms with Gasteiger partial charge in [-0.25, -0.2) is 8.42 Å². The summed E-state index contributed by atoms with van der Waals surface area (Å²) in [6, 6.07) is 9.03. The van der Waals surface area contributed by atoms with Gasteiger partial charge in [-0.2, -0.15) is 0 Å². The average Bonchev–Trinajstić information content (AvgIpc) is 3.25. The Kier molecular flexibility index (Phi) is 10.8. The van der Waals surface area contributed by atoms with Gasteiger partial charge in [-0.15, -0.1) is 0 Å². The van der Waals surface area contributed by atoms with Gasteiger partial charge in [0, 0.05) is 50.3 Å². The van der Waals surface area contributed by atoms with Crippen LogP contribution in [-0.4, -0.2) is 71.5 Å². The van der Waals surface area contributed by atoms with E-state index < -0.39 is 21.8 Å². The largest absolute Gasteiger partial charge is 0.495 e. The number of carbonyl (C=O) groups is 3. The second-order valence-corrected chi connectivity index (χ2v) is 10.9. The summed E-state index contributed by atoms with van der Waals surface area (Å²) in [5.74, 6) is -0.0374. The first kappa shape index (κ1) is 30.8. The first-order chi connectivity index (χ1) is 19.1. The van der Waals surface area contributed by atoms with Crippen LogP contribution in [0.2, 0.25) is 5.02 Å². The fourth-order valence-corrected chi connectivity index (χ4v) is 5.74. The molecule has 0 atom stereocenters. The molecule has 0 aliphatic carbocycles. The highest BCUT2D eigenvalue weighted by molar-refractivity contribution is 7.92. The lowest BCUT2D eigenvalue weighted by atomic mass is 10.2. The summed E-state index contributed by atoms with van der Waals surface area (Å²) in [7, 11) is -1.25. The minimum Gasteiger partial charge on any atom is -0.495 e. The molecule has 40 heavy (non-hydrogen) atoms. The molecule has 0 fully saturated rings. The van der Waals surface area contributed by atoms with Crippen molar-refractivity contribution in [3.8, 4) is 17.2 Å². The highest BCUT2D eigenvalue weighted by Crippen LogP contribution is 2.40. The second kappa shape index (κ2) is 14.0. The van der Waals surface area contributed by atoms with Crippen molar-refractivity contribution < 1.29 is 37.0 Å². The van der Waals surface area contributed by atoms with Crippen LogP contribution in [0, 0.1) is 0 Å². The Hall–Kier alpha value is -3.77. The molecule has 1 heterocycles. The number of hydrogen-bond acceptors (Lipinski definition) is 8. The van der Waals surface area contributed by atoms with Gasteiger partial charge in [0.15, 0.2) is 0 Å². The normalized spacial score (nSPS) is 12.9. The number of nitrogens with zero attached hydrogens (tertiary/aromatic N) is 2. The topological polar surface area (TPSA) is 132 Å². The summed E-state index contributed by atoms with van der Waals surface area (Å²) in [5, 5.41) is 3.00. The Morgan fingerprint density at radius 2 is 1.65 bits per heavy atom. The summed E-state index contributed by atoms with van der Waals surface area (Å²) in [5.41, 5.74) is 0.220. The van der Waals surface area contributed by atoms with Crippen LogP contribution in [0.3, 0.4) is 0 Å². The molecule has 2 aromatic rings. The summed E-state index contributed by atoms with van der Waals surface area (Å²) < 4.78 is 45.0. The Balaban J connectivity index is 1.72. The molecule has 0 saturated heterocycles. The molecule has 0 spiro atoms. The fraction of sp³-hybridized carbons (Fsp3) is 0.370. The number of hydrogen-bond donors (Lipinski definition) is 1. The summed E-state index contributed by atoms with van der Waals surface area (Å²) in [6.07, 6.45) is 3.07. The van der Waals surface area contributed by atoms with Crippen LogP contribution < -0.4 is 23.8 Å². The van der Waals surface area contributed by atoms with E-state index in [1.54, 1.807) is 12.1 Å². The maximum atomic E-state index is 13.8. The summed E-state index contributed by atoms with van der Waals surface area (Å²) in [4.78, 5) is 36.7. The van der Waals surface area contributed by atoms with Gasteiger partial charge >= 0.3 is 0 Å². The SMILES string of the molecule is CCOc1ccc(S(=O)(=O)N(CCCNC(=O)CCCN2C(=O)C=CC2=O)c2cc(OC)c(Cl)cc2OC)cc1. The number of methoxy groups -OCH3 is 2. The lowest BCUT2D eigenvalue weighted by Gasteiger charge is -2.27. The lowest BCUT2D eigenvalue weighted by molar-refractivity contribution is -0.137. The highest BCUT2D eigenvalue weighted by Gasteiger charge is 2.29. The quantitative estimate of drug-likeness (QED) is 0.246. The number of anilines is 1. The maximum Gasteiger partial charge on any atom is 0.264 e. The summed E-state index contributed by atoms with van der Waals surface area (Å²) in [6.45, 7) is 2.60. The molecule has 3 amide bonds. The predicted molar refractivity (Wildman–Crippen MR) is 149 cm³/mol. The third-order valence-corrected chi connectivity index (χ3v) is 8.11. The molecule has 1 aliphatic heterocycles. The molecular formula is C27H32ClN3O8S. The van der Waals surface area contributed by atoms with Crippen molar-refractivity contribution in [1.29, 1.82) is 0 Å². The number of ether oxygens (including phenoxy) is 3. The average molecular weight is 594 g/mol. The lowest BCUT2D eigenvalue weighted by Crippen LogP contribution is -2.35. The van der Waals surface area contributed by atoms with Crippen molar-refractivity contribution >= 4 is 45.0 Å². The Bertz CT molecular complexity index is 1340. The zero-order valence-corrected chi connectivity index (χ0v) is 24.1. The van der Waals surface area contributed by atoms with Crippen LogP contribution in [0.5, 0.6) is 17.2 Å². The molecular weight excluding hydrogens is 562 g/mol. The maximum absolute atomic E-state index is 13.8. The number of halogens is 1. The third-order valence-electron chi connectivity index (χ3n) is 5.99. The predicted octanol–water partition coefficient (Wildman–Crippen LogP) is 3.16. The molecule has 0 unspecified atom stereocenters. The van der Waals surface area contributed by atoms with E-state index in [1.807, 2.05) is 6.92 Å². The van der Waals surface area contributed by atoms with Crippen molar-refractivity contribution in [2.24, 2.45) is 0 Å². The number of imide groups is 1. The number of sulfonamides is 1. The summed E-state index contributed by atoms with van der Waals surface area (Å²) >= 11 is 6.25. The smallest absolute Gasteiger partial charge is 0.264 e. The number of benzene rings is 2. The van der Waals surface area contributed by atoms with E-state index in [4.69, 9.17) is 25.8 Å². The highest BCUT2D eigenvalue weighted by atomic mass is 35.5. The van der Waals surface area contributed by atoms with E-state index in [9.17, 15) is 22.8 Å². The van der Waals surface area contributed by atoms with E-state index in [0.717, 1.165) is 4.90 Å².